The summed E-state index contributed by atoms with van der Waals surface area (Å²) in [6, 6.07) is 11.0. The zero-order valence-corrected chi connectivity index (χ0v) is 14.6. The van der Waals surface area contributed by atoms with Gasteiger partial charge in [-0.3, -0.25) is 4.98 Å². The van der Waals surface area contributed by atoms with Crippen molar-refractivity contribution in [3.63, 3.8) is 0 Å². The van der Waals surface area contributed by atoms with E-state index in [1.807, 2.05) is 18.2 Å². The molecule has 0 saturated heterocycles. The van der Waals surface area contributed by atoms with Crippen molar-refractivity contribution in [1.29, 1.82) is 0 Å². The Balaban J connectivity index is 1.79. The minimum absolute atomic E-state index is 0.405. The SMILES string of the molecule is FC(F)(F)c1cccc(-n2nc(Cc3ccccn3)c3c2NCCCC3)c1. The molecule has 1 aliphatic heterocycles. The summed E-state index contributed by atoms with van der Waals surface area (Å²) in [7, 11) is 0. The number of pyridine rings is 1. The number of hydrogen-bond acceptors (Lipinski definition) is 3. The second-order valence-electron chi connectivity index (χ2n) is 6.62. The van der Waals surface area contributed by atoms with Gasteiger partial charge in [0.15, 0.2) is 0 Å². The summed E-state index contributed by atoms with van der Waals surface area (Å²) in [6.07, 6.45) is 0.782. The fourth-order valence-corrected chi connectivity index (χ4v) is 3.39. The summed E-state index contributed by atoms with van der Waals surface area (Å²) in [5, 5.41) is 8.02. The lowest BCUT2D eigenvalue weighted by atomic mass is 10.1. The zero-order chi connectivity index (χ0) is 18.9. The fourth-order valence-electron chi connectivity index (χ4n) is 3.39. The van der Waals surface area contributed by atoms with Crippen molar-refractivity contribution >= 4 is 5.82 Å². The van der Waals surface area contributed by atoms with Gasteiger partial charge in [0.2, 0.25) is 0 Å². The molecule has 0 aliphatic carbocycles. The van der Waals surface area contributed by atoms with Gasteiger partial charge in [0.25, 0.3) is 0 Å². The van der Waals surface area contributed by atoms with Crippen LogP contribution in [0.1, 0.15) is 35.4 Å². The molecule has 0 spiro atoms. The van der Waals surface area contributed by atoms with Gasteiger partial charge in [0, 0.05) is 30.4 Å². The van der Waals surface area contributed by atoms with Crippen molar-refractivity contribution < 1.29 is 13.2 Å². The number of nitrogens with one attached hydrogen (secondary N) is 1. The van der Waals surface area contributed by atoms with Gasteiger partial charge in [0.05, 0.1) is 16.9 Å². The number of halogens is 3. The number of hydrogen-bond donors (Lipinski definition) is 1. The van der Waals surface area contributed by atoms with E-state index >= 15 is 0 Å². The number of aromatic nitrogens is 3. The summed E-state index contributed by atoms with van der Waals surface area (Å²) in [4.78, 5) is 4.36. The summed E-state index contributed by atoms with van der Waals surface area (Å²) in [5.74, 6) is 0.790. The lowest BCUT2D eigenvalue weighted by molar-refractivity contribution is -0.137. The first kappa shape index (κ1) is 17.6. The van der Waals surface area contributed by atoms with Crippen LogP contribution >= 0.6 is 0 Å². The summed E-state index contributed by atoms with van der Waals surface area (Å²) in [5.41, 5.74) is 2.54. The van der Waals surface area contributed by atoms with Crippen LogP contribution in [0, 0.1) is 0 Å². The largest absolute Gasteiger partial charge is 0.416 e. The molecule has 0 saturated carbocycles. The number of fused-ring (bicyclic) bond motifs is 1. The van der Waals surface area contributed by atoms with E-state index in [0.717, 1.165) is 60.7 Å². The molecule has 3 aromatic rings. The molecule has 0 bridgehead atoms. The first-order valence-corrected chi connectivity index (χ1v) is 8.94. The van der Waals surface area contributed by atoms with Gasteiger partial charge in [-0.1, -0.05) is 12.1 Å². The Hall–Kier alpha value is -2.83. The van der Waals surface area contributed by atoms with Gasteiger partial charge in [-0.2, -0.15) is 18.3 Å². The molecule has 0 fully saturated rings. The lowest BCUT2D eigenvalue weighted by Crippen LogP contribution is -2.09. The maximum atomic E-state index is 13.1. The van der Waals surface area contributed by atoms with Crippen LogP contribution in [0.25, 0.3) is 5.69 Å². The van der Waals surface area contributed by atoms with Gasteiger partial charge in [-0.05, 0) is 49.6 Å². The van der Waals surface area contributed by atoms with Gasteiger partial charge < -0.3 is 5.32 Å². The third kappa shape index (κ3) is 3.67. The minimum atomic E-state index is -4.38. The van der Waals surface area contributed by atoms with E-state index in [1.165, 1.54) is 6.07 Å². The Morgan fingerprint density at radius 3 is 2.74 bits per heavy atom. The number of nitrogens with zero attached hydrogens (tertiary/aromatic N) is 3. The third-order valence-electron chi connectivity index (χ3n) is 4.71. The quantitative estimate of drug-likeness (QED) is 0.729. The average Bonchev–Trinajstić information content (AvgIpc) is 2.83. The Morgan fingerprint density at radius 2 is 1.96 bits per heavy atom. The first-order chi connectivity index (χ1) is 13.0. The van der Waals surface area contributed by atoms with E-state index in [1.54, 1.807) is 16.9 Å². The van der Waals surface area contributed by atoms with Crippen LogP contribution < -0.4 is 5.32 Å². The highest BCUT2D eigenvalue weighted by Crippen LogP contribution is 2.33. The number of alkyl halides is 3. The Labute approximate surface area is 155 Å². The summed E-state index contributed by atoms with van der Waals surface area (Å²) in [6.45, 7) is 0.778. The van der Waals surface area contributed by atoms with Crippen LogP contribution in [0.5, 0.6) is 0 Å². The van der Waals surface area contributed by atoms with E-state index in [0.29, 0.717) is 12.1 Å². The highest BCUT2D eigenvalue weighted by molar-refractivity contribution is 5.55. The second kappa shape index (κ2) is 7.06. The van der Waals surface area contributed by atoms with Crippen molar-refractivity contribution in [2.45, 2.75) is 31.9 Å². The predicted octanol–water partition coefficient (Wildman–Crippen LogP) is 4.63. The molecule has 4 rings (SSSR count). The smallest absolute Gasteiger partial charge is 0.370 e. The average molecular weight is 372 g/mol. The van der Waals surface area contributed by atoms with Gasteiger partial charge in [-0.25, -0.2) is 4.68 Å². The predicted molar refractivity (Wildman–Crippen MR) is 97.0 cm³/mol. The monoisotopic (exact) mass is 372 g/mol. The molecule has 3 heterocycles. The van der Waals surface area contributed by atoms with E-state index in [4.69, 9.17) is 0 Å². The zero-order valence-electron chi connectivity index (χ0n) is 14.6. The van der Waals surface area contributed by atoms with Gasteiger partial charge >= 0.3 is 6.18 Å². The summed E-state index contributed by atoms with van der Waals surface area (Å²) >= 11 is 0. The molecule has 1 aliphatic rings. The van der Waals surface area contributed by atoms with Crippen molar-refractivity contribution in [1.82, 2.24) is 14.8 Å². The number of anilines is 1. The van der Waals surface area contributed by atoms with Crippen molar-refractivity contribution in [2.75, 3.05) is 11.9 Å². The molecule has 0 atom stereocenters. The number of rotatable bonds is 3. The molecule has 27 heavy (non-hydrogen) atoms. The molecule has 2 aromatic heterocycles. The standard InChI is InChI=1S/C20H19F3N4/c21-20(22,23)14-6-5-8-16(12-14)27-19-17(9-2-4-11-25-19)18(26-27)13-15-7-1-3-10-24-15/h1,3,5-8,10,12,25H,2,4,9,11,13H2. The molecule has 140 valence electrons. The second-order valence-corrected chi connectivity index (χ2v) is 6.62. The van der Waals surface area contributed by atoms with E-state index in [-0.39, 0.29) is 0 Å². The van der Waals surface area contributed by atoms with Crippen molar-refractivity contribution in [2.24, 2.45) is 0 Å². The van der Waals surface area contributed by atoms with Crippen LogP contribution in [0.3, 0.4) is 0 Å². The molecule has 0 radical (unpaired) electrons. The van der Waals surface area contributed by atoms with Crippen LogP contribution in [0.4, 0.5) is 19.0 Å². The minimum Gasteiger partial charge on any atom is -0.370 e. The molecule has 0 amide bonds. The van der Waals surface area contributed by atoms with Crippen LogP contribution in [-0.4, -0.2) is 21.3 Å². The topological polar surface area (TPSA) is 42.7 Å². The maximum Gasteiger partial charge on any atom is 0.416 e. The van der Waals surface area contributed by atoms with Gasteiger partial charge in [-0.15, -0.1) is 0 Å². The Bertz CT molecular complexity index is 932. The van der Waals surface area contributed by atoms with E-state index in [9.17, 15) is 13.2 Å². The molecule has 1 N–H and O–H groups in total. The molecule has 4 nitrogen and oxygen atoms in total. The van der Waals surface area contributed by atoms with Crippen LogP contribution in [-0.2, 0) is 19.0 Å². The number of benzene rings is 1. The lowest BCUT2D eigenvalue weighted by Gasteiger charge is -2.12. The van der Waals surface area contributed by atoms with Crippen molar-refractivity contribution in [3.05, 3.63) is 71.2 Å². The maximum absolute atomic E-state index is 13.1. The highest BCUT2D eigenvalue weighted by Gasteiger charge is 2.31. The molecule has 0 unspecified atom stereocenters. The molecule has 1 aromatic carbocycles. The normalized spacial score (nSPS) is 14.3. The molecular formula is C20H19F3N4. The Morgan fingerprint density at radius 1 is 1.07 bits per heavy atom. The Kier molecular flexibility index (Phi) is 4.59. The fraction of sp³-hybridized carbons (Fsp3) is 0.300. The third-order valence-corrected chi connectivity index (χ3v) is 4.71. The van der Waals surface area contributed by atoms with Crippen molar-refractivity contribution in [3.8, 4) is 5.69 Å². The first-order valence-electron chi connectivity index (χ1n) is 8.94. The summed E-state index contributed by atoms with van der Waals surface area (Å²) < 4.78 is 41.0. The molecule has 7 heteroatoms. The van der Waals surface area contributed by atoms with E-state index < -0.39 is 11.7 Å². The van der Waals surface area contributed by atoms with Gasteiger partial charge in [0.1, 0.15) is 5.82 Å². The van der Waals surface area contributed by atoms with Crippen LogP contribution in [0.15, 0.2) is 48.7 Å². The highest BCUT2D eigenvalue weighted by atomic mass is 19.4. The molecular weight excluding hydrogens is 353 g/mol. The van der Waals surface area contributed by atoms with Crippen LogP contribution in [0.2, 0.25) is 0 Å². The van der Waals surface area contributed by atoms with E-state index in [2.05, 4.69) is 15.4 Å².